The largest absolute Gasteiger partial charge is 0.290 e. The number of aryl methyl sites for hydroxylation is 1. The second-order valence-electron chi connectivity index (χ2n) is 2.54. The van der Waals surface area contributed by atoms with Gasteiger partial charge in [0.1, 0.15) is 0 Å². The molecule has 1 aromatic rings. The van der Waals surface area contributed by atoms with Gasteiger partial charge >= 0.3 is 0 Å². The van der Waals surface area contributed by atoms with Gasteiger partial charge in [0.25, 0.3) is 0 Å². The second-order valence-corrected chi connectivity index (χ2v) is 2.54. The Bertz CT molecular complexity index is 243. The first-order chi connectivity index (χ1) is 5.25. The summed E-state index contributed by atoms with van der Waals surface area (Å²) < 4.78 is 0. The van der Waals surface area contributed by atoms with Crippen LogP contribution in [0, 0.1) is 6.92 Å². The van der Waals surface area contributed by atoms with Crippen LogP contribution in [0.1, 0.15) is 11.1 Å². The van der Waals surface area contributed by atoms with E-state index in [0.717, 1.165) is 11.1 Å². The van der Waals surface area contributed by atoms with E-state index in [2.05, 4.69) is 6.58 Å². The summed E-state index contributed by atoms with van der Waals surface area (Å²) in [5, 5.41) is 11.2. The quantitative estimate of drug-likeness (QED) is 0.573. The third-order valence-corrected chi connectivity index (χ3v) is 1.72. The maximum atomic E-state index is 11.2. The van der Waals surface area contributed by atoms with Gasteiger partial charge in [0.15, 0.2) is 5.75 Å². The highest BCUT2D eigenvalue weighted by Crippen LogP contribution is 2.21. The number of hydrogen-bond acceptors (Lipinski definition) is 0. The van der Waals surface area contributed by atoms with Gasteiger partial charge in [0, 0.05) is 5.56 Å². The molecular weight excluding hydrogens is 136 g/mol. The molecule has 1 nitrogen and oxygen atoms in total. The number of hydrogen-bond donors (Lipinski definition) is 0. The molecule has 0 saturated carbocycles. The molecule has 0 saturated heterocycles. The van der Waals surface area contributed by atoms with E-state index in [0.29, 0.717) is 6.42 Å². The maximum Gasteiger partial charge on any atom is 0.182 e. The van der Waals surface area contributed by atoms with Gasteiger partial charge in [-0.25, -0.2) is 0 Å². The van der Waals surface area contributed by atoms with E-state index < -0.39 is 0 Å². The zero-order chi connectivity index (χ0) is 8.27. The van der Waals surface area contributed by atoms with E-state index in [1.165, 1.54) is 0 Å². The minimum Gasteiger partial charge on any atom is -0.290 e. The third-order valence-electron chi connectivity index (χ3n) is 1.72. The molecule has 0 N–H and O–H groups in total. The molecule has 0 aliphatic rings. The first-order valence-electron chi connectivity index (χ1n) is 3.62. The lowest BCUT2D eigenvalue weighted by Gasteiger charge is -2.01. The Hall–Kier alpha value is -1.24. The molecule has 11 heavy (non-hydrogen) atoms. The van der Waals surface area contributed by atoms with Crippen molar-refractivity contribution in [3.8, 4) is 5.75 Å². The first kappa shape index (κ1) is 7.86. The summed E-state index contributed by atoms with van der Waals surface area (Å²) in [4.78, 5) is 0. The van der Waals surface area contributed by atoms with Crippen LogP contribution in [0.3, 0.4) is 0 Å². The van der Waals surface area contributed by atoms with E-state index in [1.54, 1.807) is 18.2 Å². The molecule has 1 radical (unpaired) electrons. The molecule has 0 unspecified atom stereocenters. The minimum atomic E-state index is 0.116. The van der Waals surface area contributed by atoms with Crippen molar-refractivity contribution in [1.29, 1.82) is 0 Å². The van der Waals surface area contributed by atoms with Crippen LogP contribution in [0.2, 0.25) is 0 Å². The molecule has 0 aliphatic carbocycles. The Balaban J connectivity index is 3.09. The van der Waals surface area contributed by atoms with Crippen molar-refractivity contribution >= 4 is 0 Å². The van der Waals surface area contributed by atoms with Crippen molar-refractivity contribution < 1.29 is 5.11 Å². The predicted molar refractivity (Wildman–Crippen MR) is 45.2 cm³/mol. The first-order valence-corrected chi connectivity index (χ1v) is 3.62. The lowest BCUT2D eigenvalue weighted by Crippen LogP contribution is -1.85. The molecule has 0 aliphatic heterocycles. The minimum absolute atomic E-state index is 0.116. The standard InChI is InChI=1S/C10H11O/c1-3-5-9-8(2)6-4-7-10(9)11/h3-4,6-7H,1,5H2,2H3. The van der Waals surface area contributed by atoms with Crippen molar-refractivity contribution in [2.45, 2.75) is 13.3 Å². The smallest absolute Gasteiger partial charge is 0.182 e. The zero-order valence-electron chi connectivity index (χ0n) is 6.63. The topological polar surface area (TPSA) is 19.9 Å². The fourth-order valence-corrected chi connectivity index (χ4v) is 1.08. The number of benzene rings is 1. The molecule has 0 heterocycles. The molecule has 0 spiro atoms. The summed E-state index contributed by atoms with van der Waals surface area (Å²) in [6.45, 7) is 5.54. The number of allylic oxidation sites excluding steroid dienone is 1. The molecule has 1 rings (SSSR count). The van der Waals surface area contributed by atoms with Crippen LogP contribution in [0.5, 0.6) is 5.75 Å². The van der Waals surface area contributed by atoms with Crippen molar-refractivity contribution in [2.24, 2.45) is 0 Å². The molecule has 1 aromatic carbocycles. The van der Waals surface area contributed by atoms with Crippen LogP contribution < -0.4 is 0 Å². The molecule has 0 bridgehead atoms. The van der Waals surface area contributed by atoms with Crippen molar-refractivity contribution in [3.05, 3.63) is 42.0 Å². The van der Waals surface area contributed by atoms with E-state index in [-0.39, 0.29) is 5.75 Å². The van der Waals surface area contributed by atoms with Crippen molar-refractivity contribution in [2.75, 3.05) is 0 Å². The molecule has 1 heteroatoms. The summed E-state index contributed by atoms with van der Waals surface area (Å²) in [6.07, 6.45) is 2.43. The SMILES string of the molecule is C=CCc1c(C)cccc1[O]. The summed E-state index contributed by atoms with van der Waals surface area (Å²) in [5.74, 6) is 0.116. The highest BCUT2D eigenvalue weighted by molar-refractivity contribution is 5.39. The normalized spacial score (nSPS) is 9.55. The Labute approximate surface area is 67.0 Å². The van der Waals surface area contributed by atoms with Crippen LogP contribution in [0.4, 0.5) is 0 Å². The molecule has 0 amide bonds. The summed E-state index contributed by atoms with van der Waals surface area (Å²) in [7, 11) is 0. The highest BCUT2D eigenvalue weighted by atomic mass is 16.3. The lowest BCUT2D eigenvalue weighted by atomic mass is 10.1. The highest BCUT2D eigenvalue weighted by Gasteiger charge is 2.02. The summed E-state index contributed by atoms with van der Waals surface area (Å²) >= 11 is 0. The molecule has 0 fully saturated rings. The van der Waals surface area contributed by atoms with Gasteiger partial charge in [0.2, 0.25) is 0 Å². The summed E-state index contributed by atoms with van der Waals surface area (Å²) in [6, 6.07) is 5.32. The fraction of sp³-hybridized carbons (Fsp3) is 0.200. The Morgan fingerprint density at radius 3 is 2.82 bits per heavy atom. The van der Waals surface area contributed by atoms with Gasteiger partial charge in [-0.05, 0) is 25.0 Å². The summed E-state index contributed by atoms with van der Waals surface area (Å²) in [5.41, 5.74) is 1.92. The van der Waals surface area contributed by atoms with E-state index in [1.807, 2.05) is 13.0 Å². The van der Waals surface area contributed by atoms with Gasteiger partial charge in [-0.15, -0.1) is 6.58 Å². The zero-order valence-corrected chi connectivity index (χ0v) is 6.63. The van der Waals surface area contributed by atoms with E-state index >= 15 is 0 Å². The Kier molecular flexibility index (Phi) is 2.32. The molecular formula is C10H11O. The van der Waals surface area contributed by atoms with E-state index in [4.69, 9.17) is 0 Å². The van der Waals surface area contributed by atoms with E-state index in [9.17, 15) is 5.11 Å². The second kappa shape index (κ2) is 3.24. The molecule has 0 aromatic heterocycles. The number of rotatable bonds is 2. The Morgan fingerprint density at radius 1 is 1.55 bits per heavy atom. The van der Waals surface area contributed by atoms with Crippen molar-refractivity contribution in [3.63, 3.8) is 0 Å². The maximum absolute atomic E-state index is 11.2. The van der Waals surface area contributed by atoms with Crippen LogP contribution >= 0.6 is 0 Å². The average molecular weight is 147 g/mol. The van der Waals surface area contributed by atoms with Crippen LogP contribution in [-0.2, 0) is 11.5 Å². The van der Waals surface area contributed by atoms with Gasteiger partial charge < -0.3 is 0 Å². The van der Waals surface area contributed by atoms with Crippen LogP contribution in [0.25, 0.3) is 0 Å². The van der Waals surface area contributed by atoms with Crippen LogP contribution in [0.15, 0.2) is 30.9 Å². The third kappa shape index (κ3) is 1.61. The Morgan fingerprint density at radius 2 is 2.27 bits per heavy atom. The monoisotopic (exact) mass is 147 g/mol. The van der Waals surface area contributed by atoms with Gasteiger partial charge in [-0.3, -0.25) is 5.11 Å². The van der Waals surface area contributed by atoms with Crippen LogP contribution in [-0.4, -0.2) is 0 Å². The van der Waals surface area contributed by atoms with Gasteiger partial charge in [0.05, 0.1) is 0 Å². The van der Waals surface area contributed by atoms with Gasteiger partial charge in [-0.1, -0.05) is 18.2 Å². The molecule has 57 valence electrons. The molecule has 0 atom stereocenters. The van der Waals surface area contributed by atoms with Gasteiger partial charge in [-0.2, -0.15) is 0 Å². The lowest BCUT2D eigenvalue weighted by molar-refractivity contribution is 0.350. The average Bonchev–Trinajstić information content (AvgIpc) is 1.97. The fourth-order valence-electron chi connectivity index (χ4n) is 1.08. The predicted octanol–water partition coefficient (Wildman–Crippen LogP) is 2.87. The van der Waals surface area contributed by atoms with Crippen molar-refractivity contribution in [1.82, 2.24) is 0 Å².